The van der Waals surface area contributed by atoms with Gasteiger partial charge in [-0.1, -0.05) is 54.6 Å². The molecule has 0 saturated carbocycles. The second-order valence-electron chi connectivity index (χ2n) is 11.0. The van der Waals surface area contributed by atoms with Gasteiger partial charge in [0.1, 0.15) is 5.82 Å². The van der Waals surface area contributed by atoms with Crippen LogP contribution in [0.3, 0.4) is 0 Å². The molecule has 1 aromatic heterocycles. The number of likely N-dealkylation sites (tertiary alicyclic amines) is 1. The number of ether oxygens (including phenoxy) is 2. The Kier molecular flexibility index (Phi) is 9.54. The van der Waals surface area contributed by atoms with Gasteiger partial charge in [-0.15, -0.1) is 0 Å². The molecule has 1 aliphatic heterocycles. The minimum absolute atomic E-state index is 0.333. The summed E-state index contributed by atoms with van der Waals surface area (Å²) in [4.78, 5) is 14.4. The van der Waals surface area contributed by atoms with Crippen LogP contribution in [0, 0.1) is 0 Å². The average Bonchev–Trinajstić information content (AvgIpc) is 3.00. The van der Waals surface area contributed by atoms with Crippen molar-refractivity contribution in [2.24, 2.45) is 0 Å². The first-order valence-corrected chi connectivity index (χ1v) is 14.5. The Morgan fingerprint density at radius 1 is 0.878 bits per heavy atom. The van der Waals surface area contributed by atoms with Gasteiger partial charge in [0, 0.05) is 43.7 Å². The summed E-state index contributed by atoms with van der Waals surface area (Å²) < 4.78 is 11.1. The Labute approximate surface area is 243 Å². The van der Waals surface area contributed by atoms with E-state index in [1.165, 1.54) is 16.7 Å². The van der Waals surface area contributed by atoms with Gasteiger partial charge in [-0.2, -0.15) is 4.98 Å². The summed E-state index contributed by atoms with van der Waals surface area (Å²) in [6.07, 6.45) is 3.11. The molecule has 5 rings (SSSR count). The minimum atomic E-state index is 0.333. The molecule has 3 aromatic carbocycles. The fourth-order valence-corrected chi connectivity index (χ4v) is 5.36. The van der Waals surface area contributed by atoms with Crippen LogP contribution < -0.4 is 20.1 Å². The lowest BCUT2D eigenvalue weighted by Gasteiger charge is -2.33. The predicted octanol–water partition coefficient (Wildman–Crippen LogP) is 5.75. The summed E-state index contributed by atoms with van der Waals surface area (Å²) in [6.45, 7) is 4.85. The molecule has 0 radical (unpaired) electrons. The van der Waals surface area contributed by atoms with Gasteiger partial charge in [-0.3, -0.25) is 4.90 Å². The van der Waals surface area contributed by atoms with E-state index in [1.54, 1.807) is 14.2 Å². The van der Waals surface area contributed by atoms with E-state index < -0.39 is 0 Å². The van der Waals surface area contributed by atoms with Gasteiger partial charge in [0.2, 0.25) is 5.95 Å². The Balaban J connectivity index is 1.24. The standard InChI is InChI=1S/C33H42N6O2/c1-38(2)18-8-17-34-33-36-29-22-31(41-4)30(40-3)21-28(29)32(37-33)35-27-15-19-39(20-16-27)23-24-11-13-26(14-12-24)25-9-6-5-7-10-25/h5-7,9-14,21-22,27H,8,15-20,23H2,1-4H3,(H2,34,35,36,37). The highest BCUT2D eigenvalue weighted by Crippen LogP contribution is 2.35. The van der Waals surface area contributed by atoms with E-state index in [-0.39, 0.29) is 0 Å². The van der Waals surface area contributed by atoms with Crippen LogP contribution in [0.5, 0.6) is 11.5 Å². The maximum Gasteiger partial charge on any atom is 0.225 e. The van der Waals surface area contributed by atoms with Gasteiger partial charge in [0.25, 0.3) is 0 Å². The highest BCUT2D eigenvalue weighted by Gasteiger charge is 2.22. The Morgan fingerprint density at radius 2 is 1.56 bits per heavy atom. The molecule has 8 heteroatoms. The monoisotopic (exact) mass is 554 g/mol. The predicted molar refractivity (Wildman–Crippen MR) is 168 cm³/mol. The molecule has 0 unspecified atom stereocenters. The molecule has 2 N–H and O–H groups in total. The number of aromatic nitrogens is 2. The Hall–Kier alpha value is -3.88. The summed E-state index contributed by atoms with van der Waals surface area (Å²) in [5.41, 5.74) is 4.69. The molecule has 216 valence electrons. The minimum Gasteiger partial charge on any atom is -0.493 e. The van der Waals surface area contributed by atoms with Gasteiger partial charge in [0.05, 0.1) is 19.7 Å². The van der Waals surface area contributed by atoms with E-state index >= 15 is 0 Å². The zero-order chi connectivity index (χ0) is 28.6. The average molecular weight is 555 g/mol. The number of hydrogen-bond acceptors (Lipinski definition) is 8. The third kappa shape index (κ3) is 7.45. The molecule has 1 saturated heterocycles. The molecule has 1 aliphatic rings. The molecule has 4 aromatic rings. The second kappa shape index (κ2) is 13.7. The molecule has 2 heterocycles. The van der Waals surface area contributed by atoms with Gasteiger partial charge in [-0.05, 0) is 62.7 Å². The van der Waals surface area contributed by atoms with Gasteiger partial charge in [-0.25, -0.2) is 4.98 Å². The third-order valence-electron chi connectivity index (χ3n) is 7.66. The van der Waals surface area contributed by atoms with Crippen molar-refractivity contribution >= 4 is 22.7 Å². The Morgan fingerprint density at radius 3 is 2.24 bits per heavy atom. The van der Waals surface area contributed by atoms with E-state index in [2.05, 4.69) is 89.1 Å². The molecule has 0 bridgehead atoms. The van der Waals surface area contributed by atoms with E-state index in [0.29, 0.717) is 23.5 Å². The zero-order valence-electron chi connectivity index (χ0n) is 24.7. The Bertz CT molecular complexity index is 1400. The molecular formula is C33H42N6O2. The number of hydrogen-bond donors (Lipinski definition) is 2. The molecule has 41 heavy (non-hydrogen) atoms. The van der Waals surface area contributed by atoms with Crippen molar-refractivity contribution < 1.29 is 9.47 Å². The molecule has 0 aliphatic carbocycles. The third-order valence-corrected chi connectivity index (χ3v) is 7.66. The highest BCUT2D eigenvalue weighted by molar-refractivity contribution is 5.92. The maximum atomic E-state index is 5.59. The first-order valence-electron chi connectivity index (χ1n) is 14.5. The molecule has 1 fully saturated rings. The van der Waals surface area contributed by atoms with Crippen LogP contribution in [0.4, 0.5) is 11.8 Å². The lowest BCUT2D eigenvalue weighted by atomic mass is 10.0. The van der Waals surface area contributed by atoms with E-state index in [9.17, 15) is 0 Å². The number of methoxy groups -OCH3 is 2. The highest BCUT2D eigenvalue weighted by atomic mass is 16.5. The van der Waals surface area contributed by atoms with Gasteiger partial charge < -0.3 is 25.0 Å². The number of rotatable bonds is 12. The first-order chi connectivity index (χ1) is 20.0. The molecule has 0 spiro atoms. The number of fused-ring (bicyclic) bond motifs is 1. The topological polar surface area (TPSA) is 74.8 Å². The van der Waals surface area contributed by atoms with E-state index in [1.807, 2.05) is 12.1 Å². The molecule has 8 nitrogen and oxygen atoms in total. The smallest absolute Gasteiger partial charge is 0.225 e. The quantitative estimate of drug-likeness (QED) is 0.214. The second-order valence-corrected chi connectivity index (χ2v) is 11.0. The molecule has 0 atom stereocenters. The number of nitrogens with zero attached hydrogens (tertiary/aromatic N) is 4. The van der Waals surface area contributed by atoms with Crippen molar-refractivity contribution in [3.05, 3.63) is 72.3 Å². The fraction of sp³-hybridized carbons (Fsp3) is 0.394. The van der Waals surface area contributed by atoms with Crippen LogP contribution >= 0.6 is 0 Å². The summed E-state index contributed by atoms with van der Waals surface area (Å²) in [6, 6.07) is 23.8. The number of benzene rings is 3. The SMILES string of the molecule is COc1cc2nc(NCCCN(C)C)nc(NC3CCN(Cc4ccc(-c5ccccc5)cc4)CC3)c2cc1OC. The van der Waals surface area contributed by atoms with Crippen molar-refractivity contribution in [2.45, 2.75) is 31.8 Å². The van der Waals surface area contributed by atoms with Crippen LogP contribution in [-0.2, 0) is 6.54 Å². The maximum absolute atomic E-state index is 5.59. The van der Waals surface area contributed by atoms with Crippen molar-refractivity contribution in [3.8, 4) is 22.6 Å². The van der Waals surface area contributed by atoms with Crippen molar-refractivity contribution in [3.63, 3.8) is 0 Å². The summed E-state index contributed by atoms with van der Waals surface area (Å²) >= 11 is 0. The van der Waals surface area contributed by atoms with Crippen molar-refractivity contribution in [1.82, 2.24) is 19.8 Å². The van der Waals surface area contributed by atoms with Crippen LogP contribution in [0.2, 0.25) is 0 Å². The van der Waals surface area contributed by atoms with Crippen LogP contribution in [-0.4, -0.2) is 80.3 Å². The lowest BCUT2D eigenvalue weighted by Crippen LogP contribution is -2.38. The lowest BCUT2D eigenvalue weighted by molar-refractivity contribution is 0.211. The molecular weight excluding hydrogens is 512 g/mol. The van der Waals surface area contributed by atoms with Gasteiger partial charge in [0.15, 0.2) is 11.5 Å². The fourth-order valence-electron chi connectivity index (χ4n) is 5.36. The number of piperidine rings is 1. The zero-order valence-corrected chi connectivity index (χ0v) is 24.7. The van der Waals surface area contributed by atoms with Crippen molar-refractivity contribution in [1.29, 1.82) is 0 Å². The van der Waals surface area contributed by atoms with Crippen LogP contribution in [0.25, 0.3) is 22.0 Å². The summed E-state index contributed by atoms with van der Waals surface area (Å²) in [5, 5.41) is 8.10. The van der Waals surface area contributed by atoms with Crippen LogP contribution in [0.15, 0.2) is 66.7 Å². The summed E-state index contributed by atoms with van der Waals surface area (Å²) in [7, 11) is 7.47. The van der Waals surface area contributed by atoms with Gasteiger partial charge >= 0.3 is 0 Å². The summed E-state index contributed by atoms with van der Waals surface area (Å²) in [5.74, 6) is 2.79. The number of nitrogens with one attached hydrogen (secondary N) is 2. The van der Waals surface area contributed by atoms with E-state index in [0.717, 1.165) is 68.7 Å². The largest absolute Gasteiger partial charge is 0.493 e. The van der Waals surface area contributed by atoms with Crippen molar-refractivity contribution in [2.75, 3.05) is 65.1 Å². The first kappa shape index (κ1) is 28.6. The van der Waals surface area contributed by atoms with E-state index in [4.69, 9.17) is 19.4 Å². The molecule has 0 amide bonds. The normalized spacial score (nSPS) is 14.4. The number of anilines is 2. The van der Waals surface area contributed by atoms with Crippen LogP contribution in [0.1, 0.15) is 24.8 Å².